The number of nitrogens with two attached hydrogens (primary N) is 1. The molecule has 1 aromatic heterocycles. The van der Waals surface area contributed by atoms with Gasteiger partial charge < -0.3 is 20.9 Å². The first kappa shape index (κ1) is 13.5. The van der Waals surface area contributed by atoms with E-state index in [2.05, 4.69) is 15.4 Å². The zero-order chi connectivity index (χ0) is 14.0. The summed E-state index contributed by atoms with van der Waals surface area (Å²) in [5.74, 6) is 0.601. The molecule has 0 radical (unpaired) electrons. The van der Waals surface area contributed by atoms with E-state index < -0.39 is 0 Å². The van der Waals surface area contributed by atoms with E-state index in [0.29, 0.717) is 24.0 Å². The summed E-state index contributed by atoms with van der Waals surface area (Å²) < 4.78 is 0. The van der Waals surface area contributed by atoms with E-state index in [0.717, 1.165) is 24.1 Å². The molecule has 1 saturated carbocycles. The molecule has 1 fully saturated rings. The lowest BCUT2D eigenvalue weighted by atomic mass is 10.1. The van der Waals surface area contributed by atoms with Crippen molar-refractivity contribution in [1.82, 2.24) is 10.2 Å². The maximum atomic E-state index is 9.18. The van der Waals surface area contributed by atoms with E-state index in [1.54, 1.807) is 0 Å². The molecule has 0 saturated heterocycles. The van der Waals surface area contributed by atoms with Crippen LogP contribution in [0, 0.1) is 13.8 Å². The van der Waals surface area contributed by atoms with Gasteiger partial charge in [-0.1, -0.05) is 5.16 Å². The van der Waals surface area contributed by atoms with Crippen molar-refractivity contribution in [2.75, 3.05) is 18.1 Å². The van der Waals surface area contributed by atoms with E-state index in [-0.39, 0.29) is 12.4 Å². The minimum absolute atomic E-state index is 0.0223. The molecule has 104 valence electrons. The Balaban J connectivity index is 2.51. The third kappa shape index (κ3) is 2.60. The number of rotatable bonds is 5. The molecule has 2 rings (SSSR count). The highest BCUT2D eigenvalue weighted by molar-refractivity contribution is 6.02. The number of hydrogen-bond acceptors (Lipinski definition) is 6. The van der Waals surface area contributed by atoms with Gasteiger partial charge in [0.15, 0.2) is 11.7 Å². The van der Waals surface area contributed by atoms with Crippen molar-refractivity contribution in [2.45, 2.75) is 32.7 Å². The molecule has 0 spiro atoms. The Hall–Kier alpha value is -1.89. The van der Waals surface area contributed by atoms with Gasteiger partial charge in [-0.25, -0.2) is 0 Å². The topological polar surface area (TPSA) is 108 Å². The minimum atomic E-state index is 0.0223. The second-order valence-electron chi connectivity index (χ2n) is 4.74. The molecule has 1 aliphatic rings. The number of amidine groups is 1. The monoisotopic (exact) mass is 265 g/mol. The van der Waals surface area contributed by atoms with Gasteiger partial charge in [-0.2, -0.15) is 5.10 Å². The molecule has 0 aromatic carbocycles. The molecule has 0 amide bonds. The van der Waals surface area contributed by atoms with Crippen molar-refractivity contribution in [1.29, 1.82) is 0 Å². The summed E-state index contributed by atoms with van der Waals surface area (Å²) in [6.45, 7) is 4.19. The number of nitrogens with zero attached hydrogens (tertiary/aromatic N) is 4. The number of anilines is 1. The van der Waals surface area contributed by atoms with Crippen molar-refractivity contribution in [3.63, 3.8) is 0 Å². The van der Waals surface area contributed by atoms with Crippen molar-refractivity contribution < 1.29 is 10.3 Å². The first-order chi connectivity index (χ1) is 9.10. The van der Waals surface area contributed by atoms with Crippen molar-refractivity contribution in [3.05, 3.63) is 16.8 Å². The second kappa shape index (κ2) is 5.40. The van der Waals surface area contributed by atoms with Crippen LogP contribution in [0.3, 0.4) is 0 Å². The predicted octanol–water partition coefficient (Wildman–Crippen LogP) is 0.149. The largest absolute Gasteiger partial charge is 0.409 e. The van der Waals surface area contributed by atoms with Crippen LogP contribution in [-0.4, -0.2) is 45.5 Å². The lowest BCUT2D eigenvalue weighted by Crippen LogP contribution is -2.33. The van der Waals surface area contributed by atoms with Crippen molar-refractivity contribution >= 4 is 11.7 Å². The van der Waals surface area contributed by atoms with Crippen molar-refractivity contribution in [2.24, 2.45) is 10.9 Å². The molecule has 7 heteroatoms. The van der Waals surface area contributed by atoms with Crippen LogP contribution in [0.4, 0.5) is 5.82 Å². The van der Waals surface area contributed by atoms with E-state index in [9.17, 15) is 5.11 Å². The Morgan fingerprint density at radius 3 is 2.63 bits per heavy atom. The van der Waals surface area contributed by atoms with E-state index in [4.69, 9.17) is 10.9 Å². The smallest absolute Gasteiger partial charge is 0.174 e. The molecule has 1 aromatic rings. The molecular formula is C12H19N5O2. The zero-order valence-corrected chi connectivity index (χ0v) is 11.2. The molecule has 0 bridgehead atoms. The van der Waals surface area contributed by atoms with Crippen LogP contribution in [0.25, 0.3) is 0 Å². The number of hydrogen-bond donors (Lipinski definition) is 3. The summed E-state index contributed by atoms with van der Waals surface area (Å²) in [5, 5.41) is 29.5. The van der Waals surface area contributed by atoms with Gasteiger partial charge in [-0.3, -0.25) is 0 Å². The van der Waals surface area contributed by atoms with Crippen LogP contribution < -0.4 is 10.6 Å². The van der Waals surface area contributed by atoms with Crippen LogP contribution in [-0.2, 0) is 0 Å². The minimum Gasteiger partial charge on any atom is -0.409 e. The first-order valence-corrected chi connectivity index (χ1v) is 6.29. The van der Waals surface area contributed by atoms with Crippen LogP contribution in [0.2, 0.25) is 0 Å². The van der Waals surface area contributed by atoms with Gasteiger partial charge in [0, 0.05) is 12.6 Å². The van der Waals surface area contributed by atoms with Gasteiger partial charge >= 0.3 is 0 Å². The normalized spacial score (nSPS) is 15.6. The van der Waals surface area contributed by atoms with Gasteiger partial charge in [-0.15, -0.1) is 5.10 Å². The van der Waals surface area contributed by atoms with Gasteiger partial charge in [0.1, 0.15) is 0 Å². The quantitative estimate of drug-likeness (QED) is 0.303. The third-order valence-electron chi connectivity index (χ3n) is 3.40. The summed E-state index contributed by atoms with van der Waals surface area (Å²) in [6, 6.07) is 0.355. The Morgan fingerprint density at radius 2 is 2.11 bits per heavy atom. The summed E-state index contributed by atoms with van der Waals surface area (Å²) in [5.41, 5.74) is 7.93. The number of aliphatic hydroxyl groups is 1. The fourth-order valence-corrected chi connectivity index (χ4v) is 2.11. The first-order valence-electron chi connectivity index (χ1n) is 6.29. The number of aryl methyl sites for hydroxylation is 1. The predicted molar refractivity (Wildman–Crippen MR) is 71.5 cm³/mol. The van der Waals surface area contributed by atoms with Crippen LogP contribution in [0.5, 0.6) is 0 Å². The maximum absolute atomic E-state index is 9.18. The van der Waals surface area contributed by atoms with E-state index in [1.165, 1.54) is 0 Å². The van der Waals surface area contributed by atoms with Gasteiger partial charge in [0.05, 0.1) is 17.9 Å². The van der Waals surface area contributed by atoms with E-state index in [1.807, 2.05) is 18.7 Å². The van der Waals surface area contributed by atoms with Gasteiger partial charge in [0.25, 0.3) is 0 Å². The van der Waals surface area contributed by atoms with Gasteiger partial charge in [-0.05, 0) is 32.3 Å². The summed E-state index contributed by atoms with van der Waals surface area (Å²) in [7, 11) is 0. The fraction of sp³-hybridized carbons (Fsp3) is 0.583. The molecule has 1 aliphatic carbocycles. The zero-order valence-electron chi connectivity index (χ0n) is 11.2. The lowest BCUT2D eigenvalue weighted by Gasteiger charge is -2.25. The fourth-order valence-electron chi connectivity index (χ4n) is 2.11. The standard InChI is InChI=1S/C12H19N5O2/c1-7-8(2)14-15-12(10(7)11(13)16-19)17(5-6-18)9-3-4-9/h9,18-19H,3-6H2,1-2H3,(H2,13,16). The third-order valence-corrected chi connectivity index (χ3v) is 3.40. The van der Waals surface area contributed by atoms with E-state index >= 15 is 0 Å². The molecule has 0 unspecified atom stereocenters. The molecule has 1 heterocycles. The number of aliphatic hydroxyl groups excluding tert-OH is 1. The lowest BCUT2D eigenvalue weighted by molar-refractivity contribution is 0.301. The van der Waals surface area contributed by atoms with Crippen LogP contribution in [0.1, 0.15) is 29.7 Å². The highest BCUT2D eigenvalue weighted by Crippen LogP contribution is 2.33. The number of aromatic nitrogens is 2. The highest BCUT2D eigenvalue weighted by Gasteiger charge is 2.32. The van der Waals surface area contributed by atoms with Crippen molar-refractivity contribution in [3.8, 4) is 0 Å². The summed E-state index contributed by atoms with van der Waals surface area (Å²) in [4.78, 5) is 1.98. The second-order valence-corrected chi connectivity index (χ2v) is 4.74. The Morgan fingerprint density at radius 1 is 1.42 bits per heavy atom. The Labute approximate surface area is 111 Å². The SMILES string of the molecule is Cc1nnc(N(CCO)C2CC2)c(/C(N)=N/O)c1C. The number of oxime groups is 1. The average molecular weight is 265 g/mol. The molecule has 7 nitrogen and oxygen atoms in total. The summed E-state index contributed by atoms with van der Waals surface area (Å²) >= 11 is 0. The molecule has 0 aliphatic heterocycles. The molecule has 0 atom stereocenters. The Kier molecular flexibility index (Phi) is 3.84. The maximum Gasteiger partial charge on any atom is 0.174 e. The van der Waals surface area contributed by atoms with Crippen LogP contribution in [0.15, 0.2) is 5.16 Å². The Bertz CT molecular complexity index is 499. The molecular weight excluding hydrogens is 246 g/mol. The molecule has 19 heavy (non-hydrogen) atoms. The van der Waals surface area contributed by atoms with Gasteiger partial charge in [0.2, 0.25) is 0 Å². The highest BCUT2D eigenvalue weighted by atomic mass is 16.4. The average Bonchev–Trinajstić information content (AvgIpc) is 3.23. The molecule has 4 N–H and O–H groups in total. The summed E-state index contributed by atoms with van der Waals surface area (Å²) in [6.07, 6.45) is 2.12. The van der Waals surface area contributed by atoms with Crippen LogP contribution >= 0.6 is 0 Å².